The van der Waals surface area contributed by atoms with Crippen LogP contribution in [0, 0.1) is 5.92 Å². The highest BCUT2D eigenvalue weighted by Gasteiger charge is 2.37. The molecule has 22 heavy (non-hydrogen) atoms. The third-order valence-electron chi connectivity index (χ3n) is 5.29. The van der Waals surface area contributed by atoms with Gasteiger partial charge in [0, 0.05) is 31.1 Å². The molecule has 0 unspecified atom stereocenters. The van der Waals surface area contributed by atoms with Crippen LogP contribution in [-0.4, -0.2) is 38.7 Å². The van der Waals surface area contributed by atoms with Crippen LogP contribution in [0.4, 0.5) is 0 Å². The fourth-order valence-electron chi connectivity index (χ4n) is 4.20. The maximum absolute atomic E-state index is 12.9. The molecule has 2 fully saturated rings. The summed E-state index contributed by atoms with van der Waals surface area (Å²) in [4.78, 5) is 31.8. The molecule has 1 aliphatic carbocycles. The van der Waals surface area contributed by atoms with Crippen LogP contribution < -0.4 is 5.56 Å². The van der Waals surface area contributed by atoms with Crippen LogP contribution in [-0.2, 0) is 6.54 Å². The number of carbonyl (C=O) groups excluding carboxylic acids is 1. The highest BCUT2D eigenvalue weighted by Crippen LogP contribution is 2.35. The molecular weight excluding hydrogens is 298 g/mol. The Balaban J connectivity index is 1.65. The van der Waals surface area contributed by atoms with Crippen LogP contribution in [0.3, 0.4) is 0 Å². The summed E-state index contributed by atoms with van der Waals surface area (Å²) in [6.07, 6.45) is 8.58. The Morgan fingerprint density at radius 2 is 2.00 bits per heavy atom. The molecule has 0 aromatic carbocycles. The topological polar surface area (TPSA) is 55.2 Å². The van der Waals surface area contributed by atoms with Crippen LogP contribution in [0.1, 0.15) is 48.9 Å². The van der Waals surface area contributed by atoms with Crippen molar-refractivity contribution in [1.82, 2.24) is 14.5 Å². The van der Waals surface area contributed by atoms with E-state index in [-0.39, 0.29) is 17.0 Å². The zero-order valence-corrected chi connectivity index (χ0v) is 13.5. The zero-order valence-electron chi connectivity index (χ0n) is 12.7. The fraction of sp³-hybridized carbons (Fsp3) is 0.688. The van der Waals surface area contributed by atoms with Crippen molar-refractivity contribution in [3.05, 3.63) is 22.1 Å². The molecule has 1 saturated heterocycles. The lowest BCUT2D eigenvalue weighted by Gasteiger charge is -2.44. The summed E-state index contributed by atoms with van der Waals surface area (Å²) in [6, 6.07) is 0.335. The number of carbonyl (C=O) groups is 1. The standard InChI is InChI=1S/C16H21N3O2S/c20-14(12-10-17-16-19(15(12)21)8-9-22-16)18-7-3-5-11-4-1-2-6-13(11)18/h10-11,13H,1-9H2/t11-,13+/m1/s1. The van der Waals surface area contributed by atoms with E-state index in [4.69, 9.17) is 0 Å². The number of rotatable bonds is 1. The largest absolute Gasteiger partial charge is 0.335 e. The average molecular weight is 319 g/mol. The Labute approximate surface area is 134 Å². The van der Waals surface area contributed by atoms with Gasteiger partial charge in [0.2, 0.25) is 0 Å². The molecule has 5 nitrogen and oxygen atoms in total. The summed E-state index contributed by atoms with van der Waals surface area (Å²) >= 11 is 1.58. The van der Waals surface area contributed by atoms with E-state index in [0.717, 1.165) is 30.3 Å². The van der Waals surface area contributed by atoms with Crippen molar-refractivity contribution < 1.29 is 4.79 Å². The maximum Gasteiger partial charge on any atom is 0.267 e. The number of piperidine rings is 1. The van der Waals surface area contributed by atoms with E-state index in [2.05, 4.69) is 4.98 Å². The first-order chi connectivity index (χ1) is 10.8. The van der Waals surface area contributed by atoms with Crippen molar-refractivity contribution in [2.24, 2.45) is 5.92 Å². The maximum atomic E-state index is 12.9. The van der Waals surface area contributed by atoms with E-state index in [9.17, 15) is 9.59 Å². The first-order valence-electron chi connectivity index (χ1n) is 8.29. The summed E-state index contributed by atoms with van der Waals surface area (Å²) in [5.41, 5.74) is 0.107. The molecule has 1 aromatic heterocycles. The van der Waals surface area contributed by atoms with Crippen LogP contribution >= 0.6 is 11.8 Å². The smallest absolute Gasteiger partial charge is 0.267 e. The molecule has 2 atom stereocenters. The van der Waals surface area contributed by atoms with Gasteiger partial charge in [0.1, 0.15) is 5.56 Å². The lowest BCUT2D eigenvalue weighted by atomic mass is 9.78. The van der Waals surface area contributed by atoms with Gasteiger partial charge in [-0.3, -0.25) is 14.2 Å². The van der Waals surface area contributed by atoms with Gasteiger partial charge in [0.15, 0.2) is 5.16 Å². The molecule has 0 bridgehead atoms. The van der Waals surface area contributed by atoms with E-state index in [1.165, 1.54) is 31.9 Å². The highest BCUT2D eigenvalue weighted by molar-refractivity contribution is 7.99. The lowest BCUT2D eigenvalue weighted by Crippen LogP contribution is -2.51. The predicted octanol–water partition coefficient (Wildman–Crippen LogP) is 2.14. The van der Waals surface area contributed by atoms with Gasteiger partial charge in [0.05, 0.1) is 0 Å². The summed E-state index contributed by atoms with van der Waals surface area (Å²) in [7, 11) is 0. The molecule has 1 aromatic rings. The van der Waals surface area contributed by atoms with Gasteiger partial charge in [-0.25, -0.2) is 4.98 Å². The summed E-state index contributed by atoms with van der Waals surface area (Å²) < 4.78 is 1.65. The Hall–Kier alpha value is -1.30. The van der Waals surface area contributed by atoms with Gasteiger partial charge in [-0.1, -0.05) is 24.6 Å². The summed E-state index contributed by atoms with van der Waals surface area (Å²) in [5.74, 6) is 1.40. The summed E-state index contributed by atoms with van der Waals surface area (Å²) in [6.45, 7) is 1.45. The number of aromatic nitrogens is 2. The molecule has 2 aliphatic heterocycles. The third-order valence-corrected chi connectivity index (χ3v) is 6.26. The Kier molecular flexibility index (Phi) is 3.72. The fourth-order valence-corrected chi connectivity index (χ4v) is 5.11. The van der Waals surface area contributed by atoms with Gasteiger partial charge in [-0.15, -0.1) is 0 Å². The first kappa shape index (κ1) is 14.3. The minimum Gasteiger partial charge on any atom is -0.335 e. The molecule has 6 heteroatoms. The van der Waals surface area contributed by atoms with Crippen molar-refractivity contribution in [1.29, 1.82) is 0 Å². The molecule has 0 spiro atoms. The van der Waals surface area contributed by atoms with Crippen LogP contribution in [0.25, 0.3) is 0 Å². The Bertz CT molecular complexity index is 655. The normalized spacial score (nSPS) is 27.4. The summed E-state index contributed by atoms with van der Waals surface area (Å²) in [5, 5.41) is 0.746. The molecule has 4 rings (SSSR count). The van der Waals surface area contributed by atoms with Crippen molar-refractivity contribution in [2.45, 2.75) is 56.3 Å². The van der Waals surface area contributed by atoms with Crippen molar-refractivity contribution in [2.75, 3.05) is 12.3 Å². The molecule has 0 N–H and O–H groups in total. The number of nitrogens with zero attached hydrogens (tertiary/aromatic N) is 3. The molecule has 0 radical (unpaired) electrons. The van der Waals surface area contributed by atoms with Crippen molar-refractivity contribution in [3.8, 4) is 0 Å². The second-order valence-electron chi connectivity index (χ2n) is 6.51. The number of fused-ring (bicyclic) bond motifs is 2. The number of likely N-dealkylation sites (tertiary alicyclic amines) is 1. The van der Waals surface area contributed by atoms with E-state index < -0.39 is 0 Å². The molecule has 118 valence electrons. The van der Waals surface area contributed by atoms with Crippen molar-refractivity contribution in [3.63, 3.8) is 0 Å². The molecular formula is C16H21N3O2S. The van der Waals surface area contributed by atoms with Gasteiger partial charge in [-0.05, 0) is 31.6 Å². The quantitative estimate of drug-likeness (QED) is 0.744. The van der Waals surface area contributed by atoms with E-state index >= 15 is 0 Å². The average Bonchev–Trinajstić information content (AvgIpc) is 3.04. The third kappa shape index (κ3) is 2.28. The van der Waals surface area contributed by atoms with Gasteiger partial charge in [-0.2, -0.15) is 0 Å². The number of amides is 1. The Morgan fingerprint density at radius 1 is 1.18 bits per heavy atom. The number of thioether (sulfide) groups is 1. The highest BCUT2D eigenvalue weighted by atomic mass is 32.2. The molecule has 1 amide bonds. The second-order valence-corrected chi connectivity index (χ2v) is 7.57. The lowest BCUT2D eigenvalue weighted by molar-refractivity contribution is 0.0387. The van der Waals surface area contributed by atoms with Crippen LogP contribution in [0.5, 0.6) is 0 Å². The van der Waals surface area contributed by atoms with E-state index in [0.29, 0.717) is 18.5 Å². The molecule has 3 heterocycles. The van der Waals surface area contributed by atoms with Gasteiger partial charge in [0.25, 0.3) is 11.5 Å². The van der Waals surface area contributed by atoms with Gasteiger partial charge < -0.3 is 4.90 Å². The molecule has 1 saturated carbocycles. The monoisotopic (exact) mass is 319 g/mol. The SMILES string of the molecule is O=C(c1cnc2n(c1=O)CCS2)N1CCC[C@H]2CCCC[C@@H]21. The molecule has 3 aliphatic rings. The minimum absolute atomic E-state index is 0.0960. The number of hydrogen-bond donors (Lipinski definition) is 0. The first-order valence-corrected chi connectivity index (χ1v) is 9.28. The van der Waals surface area contributed by atoms with Crippen molar-refractivity contribution >= 4 is 17.7 Å². The Morgan fingerprint density at radius 3 is 2.91 bits per heavy atom. The van der Waals surface area contributed by atoms with Crippen LogP contribution in [0.15, 0.2) is 16.1 Å². The van der Waals surface area contributed by atoms with Crippen LogP contribution in [0.2, 0.25) is 0 Å². The minimum atomic E-state index is -0.155. The zero-order chi connectivity index (χ0) is 15.1. The van der Waals surface area contributed by atoms with E-state index in [1.54, 1.807) is 16.3 Å². The van der Waals surface area contributed by atoms with Gasteiger partial charge >= 0.3 is 0 Å². The second kappa shape index (κ2) is 5.72. The number of hydrogen-bond acceptors (Lipinski definition) is 4. The van der Waals surface area contributed by atoms with E-state index in [1.807, 2.05) is 4.90 Å². The predicted molar refractivity (Wildman–Crippen MR) is 85.2 cm³/mol.